The van der Waals surface area contributed by atoms with Gasteiger partial charge in [0.15, 0.2) is 5.82 Å². The van der Waals surface area contributed by atoms with Crippen LogP contribution in [0.2, 0.25) is 0 Å². The van der Waals surface area contributed by atoms with Gasteiger partial charge in [0, 0.05) is 37.3 Å². The molecule has 0 aliphatic carbocycles. The van der Waals surface area contributed by atoms with Gasteiger partial charge in [0.05, 0.1) is 0 Å². The van der Waals surface area contributed by atoms with Gasteiger partial charge in [-0.2, -0.15) is 5.10 Å². The number of nitrogens with zero attached hydrogens (tertiary/aromatic N) is 3. The molecule has 1 aliphatic rings. The van der Waals surface area contributed by atoms with Crippen LogP contribution in [-0.2, 0) is 24.1 Å². The van der Waals surface area contributed by atoms with Crippen molar-refractivity contribution in [3.63, 3.8) is 0 Å². The lowest BCUT2D eigenvalue weighted by molar-refractivity contribution is 0.100. The van der Waals surface area contributed by atoms with E-state index in [9.17, 15) is 4.79 Å². The third-order valence-corrected chi connectivity index (χ3v) is 5.13. The number of aromatic nitrogens is 3. The predicted octanol–water partition coefficient (Wildman–Crippen LogP) is 2.87. The van der Waals surface area contributed by atoms with Crippen molar-refractivity contribution >= 4 is 5.91 Å². The molecule has 2 heterocycles. The standard InChI is InChI=1S/C22H24N4O2/c23-21(27)18-6-8-19(9-7-18)22-24-20(14-17-11-13-28-15-17)26(25-22)12-10-16-4-2-1-3-5-16/h1-9,17H,10-15H2,(H2,23,27)/t17-/m0/s1. The van der Waals surface area contributed by atoms with Crippen molar-refractivity contribution in [2.75, 3.05) is 13.2 Å². The molecule has 1 amide bonds. The maximum absolute atomic E-state index is 11.3. The number of ether oxygens (including phenoxy) is 1. The van der Waals surface area contributed by atoms with Gasteiger partial charge < -0.3 is 10.5 Å². The monoisotopic (exact) mass is 376 g/mol. The van der Waals surface area contributed by atoms with Gasteiger partial charge in [-0.15, -0.1) is 0 Å². The van der Waals surface area contributed by atoms with Gasteiger partial charge in [-0.1, -0.05) is 42.5 Å². The summed E-state index contributed by atoms with van der Waals surface area (Å²) >= 11 is 0. The Morgan fingerprint density at radius 3 is 2.61 bits per heavy atom. The molecule has 0 unspecified atom stereocenters. The first-order valence-corrected chi connectivity index (χ1v) is 9.64. The number of primary amides is 1. The third kappa shape index (κ3) is 4.28. The van der Waals surface area contributed by atoms with Crippen LogP contribution in [0, 0.1) is 5.92 Å². The second-order valence-corrected chi connectivity index (χ2v) is 7.19. The summed E-state index contributed by atoms with van der Waals surface area (Å²) in [6, 6.07) is 17.5. The molecule has 2 aromatic carbocycles. The Bertz CT molecular complexity index is 929. The van der Waals surface area contributed by atoms with Gasteiger partial charge >= 0.3 is 0 Å². The quantitative estimate of drug-likeness (QED) is 0.687. The normalized spacial score (nSPS) is 16.4. The minimum Gasteiger partial charge on any atom is -0.381 e. The van der Waals surface area contributed by atoms with Crippen LogP contribution in [0.3, 0.4) is 0 Å². The number of rotatable bonds is 7. The molecule has 2 N–H and O–H groups in total. The Morgan fingerprint density at radius 1 is 1.14 bits per heavy atom. The van der Waals surface area contributed by atoms with Crippen LogP contribution in [-0.4, -0.2) is 33.9 Å². The maximum atomic E-state index is 11.3. The molecule has 0 bridgehead atoms. The van der Waals surface area contributed by atoms with E-state index in [2.05, 4.69) is 24.3 Å². The lowest BCUT2D eigenvalue weighted by Crippen LogP contribution is -2.13. The lowest BCUT2D eigenvalue weighted by Gasteiger charge is -2.09. The number of aryl methyl sites for hydroxylation is 2. The SMILES string of the molecule is NC(=O)c1ccc(-c2nc(C[C@@H]3CCOC3)n(CCc3ccccc3)n2)cc1. The highest BCUT2D eigenvalue weighted by molar-refractivity contribution is 5.93. The van der Waals surface area contributed by atoms with Gasteiger partial charge in [0.1, 0.15) is 5.82 Å². The fraction of sp³-hybridized carbons (Fsp3) is 0.318. The molecule has 1 aliphatic heterocycles. The van der Waals surface area contributed by atoms with Crippen molar-refractivity contribution < 1.29 is 9.53 Å². The summed E-state index contributed by atoms with van der Waals surface area (Å²) < 4.78 is 7.54. The number of amides is 1. The number of hydrogen-bond donors (Lipinski definition) is 1. The largest absolute Gasteiger partial charge is 0.381 e. The fourth-order valence-corrected chi connectivity index (χ4v) is 3.49. The second kappa shape index (κ2) is 8.35. The van der Waals surface area contributed by atoms with Crippen molar-refractivity contribution in [3.8, 4) is 11.4 Å². The Morgan fingerprint density at radius 2 is 1.93 bits per heavy atom. The zero-order chi connectivity index (χ0) is 19.3. The highest BCUT2D eigenvalue weighted by Crippen LogP contribution is 2.21. The van der Waals surface area contributed by atoms with E-state index in [4.69, 9.17) is 20.6 Å². The van der Waals surface area contributed by atoms with Crippen molar-refractivity contribution in [2.24, 2.45) is 11.7 Å². The summed E-state index contributed by atoms with van der Waals surface area (Å²) in [4.78, 5) is 16.1. The highest BCUT2D eigenvalue weighted by atomic mass is 16.5. The first-order chi connectivity index (χ1) is 13.7. The number of hydrogen-bond acceptors (Lipinski definition) is 4. The van der Waals surface area contributed by atoms with E-state index >= 15 is 0 Å². The molecule has 0 saturated carbocycles. The number of benzene rings is 2. The summed E-state index contributed by atoms with van der Waals surface area (Å²) in [5, 5.41) is 4.76. The van der Waals surface area contributed by atoms with Crippen LogP contribution in [0.15, 0.2) is 54.6 Å². The molecular formula is C22H24N4O2. The Kier molecular flexibility index (Phi) is 5.48. The number of nitrogens with two attached hydrogens (primary N) is 1. The predicted molar refractivity (Wildman–Crippen MR) is 107 cm³/mol. The maximum Gasteiger partial charge on any atom is 0.248 e. The molecule has 0 radical (unpaired) electrons. The van der Waals surface area contributed by atoms with E-state index in [0.29, 0.717) is 17.3 Å². The molecule has 6 heteroatoms. The molecule has 1 saturated heterocycles. The zero-order valence-electron chi connectivity index (χ0n) is 15.8. The van der Waals surface area contributed by atoms with E-state index in [0.717, 1.165) is 50.4 Å². The summed E-state index contributed by atoms with van der Waals surface area (Å²) in [6.07, 6.45) is 2.83. The zero-order valence-corrected chi connectivity index (χ0v) is 15.8. The van der Waals surface area contributed by atoms with Crippen molar-refractivity contribution in [1.29, 1.82) is 0 Å². The van der Waals surface area contributed by atoms with Crippen LogP contribution >= 0.6 is 0 Å². The smallest absolute Gasteiger partial charge is 0.248 e. The van der Waals surface area contributed by atoms with Crippen molar-refractivity contribution in [1.82, 2.24) is 14.8 Å². The first kappa shape index (κ1) is 18.4. The van der Waals surface area contributed by atoms with Crippen LogP contribution in [0.4, 0.5) is 0 Å². The van der Waals surface area contributed by atoms with Crippen LogP contribution < -0.4 is 5.73 Å². The minimum atomic E-state index is -0.435. The van der Waals surface area contributed by atoms with E-state index < -0.39 is 5.91 Å². The van der Waals surface area contributed by atoms with E-state index in [1.54, 1.807) is 12.1 Å². The summed E-state index contributed by atoms with van der Waals surface area (Å²) in [5.74, 6) is 1.72. The van der Waals surface area contributed by atoms with Crippen molar-refractivity contribution in [2.45, 2.75) is 25.8 Å². The Labute approximate surface area is 164 Å². The number of carbonyl (C=O) groups is 1. The van der Waals surface area contributed by atoms with Crippen molar-refractivity contribution in [3.05, 3.63) is 71.5 Å². The molecule has 0 spiro atoms. The van der Waals surface area contributed by atoms with Gasteiger partial charge in [0.2, 0.25) is 5.91 Å². The molecule has 1 fully saturated rings. The van der Waals surface area contributed by atoms with Gasteiger partial charge in [-0.05, 0) is 36.5 Å². The summed E-state index contributed by atoms with van der Waals surface area (Å²) in [7, 11) is 0. The topological polar surface area (TPSA) is 83.0 Å². The summed E-state index contributed by atoms with van der Waals surface area (Å²) in [5.41, 5.74) is 7.97. The van der Waals surface area contributed by atoms with E-state index in [-0.39, 0.29) is 0 Å². The van der Waals surface area contributed by atoms with E-state index in [1.807, 2.05) is 22.9 Å². The fourth-order valence-electron chi connectivity index (χ4n) is 3.49. The van der Waals surface area contributed by atoms with Crippen LogP contribution in [0.5, 0.6) is 0 Å². The molecule has 4 rings (SSSR count). The highest BCUT2D eigenvalue weighted by Gasteiger charge is 2.21. The molecule has 1 aromatic heterocycles. The molecule has 144 valence electrons. The molecule has 1 atom stereocenters. The minimum absolute atomic E-state index is 0.435. The first-order valence-electron chi connectivity index (χ1n) is 9.64. The second-order valence-electron chi connectivity index (χ2n) is 7.19. The van der Waals surface area contributed by atoms with Crippen LogP contribution in [0.1, 0.15) is 28.2 Å². The van der Waals surface area contributed by atoms with Gasteiger partial charge in [-0.3, -0.25) is 4.79 Å². The van der Waals surface area contributed by atoms with Gasteiger partial charge in [0.25, 0.3) is 0 Å². The lowest BCUT2D eigenvalue weighted by atomic mass is 10.0. The Balaban J connectivity index is 1.57. The molecule has 6 nitrogen and oxygen atoms in total. The van der Waals surface area contributed by atoms with E-state index in [1.165, 1.54) is 5.56 Å². The average Bonchev–Trinajstić information content (AvgIpc) is 3.38. The third-order valence-electron chi connectivity index (χ3n) is 5.13. The summed E-state index contributed by atoms with van der Waals surface area (Å²) in [6.45, 7) is 2.39. The Hall–Kier alpha value is -2.99. The molecular weight excluding hydrogens is 352 g/mol. The van der Waals surface area contributed by atoms with Gasteiger partial charge in [-0.25, -0.2) is 9.67 Å². The molecule has 28 heavy (non-hydrogen) atoms. The average molecular weight is 376 g/mol. The van der Waals surface area contributed by atoms with Crippen LogP contribution in [0.25, 0.3) is 11.4 Å². The molecule has 3 aromatic rings. The number of carbonyl (C=O) groups excluding carboxylic acids is 1.